The molecule has 1 atom stereocenters. The number of halogens is 1. The summed E-state index contributed by atoms with van der Waals surface area (Å²) < 4.78 is 13.2. The first-order valence-electron chi connectivity index (χ1n) is 4.81. The van der Waals surface area contributed by atoms with E-state index in [1.807, 2.05) is 0 Å². The number of aryl methyl sites for hydroxylation is 1. The summed E-state index contributed by atoms with van der Waals surface area (Å²) in [5, 5.41) is -0.615. The third-order valence-electron chi connectivity index (χ3n) is 2.41. The van der Waals surface area contributed by atoms with E-state index >= 15 is 0 Å². The minimum atomic E-state index is -0.615. The van der Waals surface area contributed by atoms with Gasteiger partial charge in [-0.25, -0.2) is 9.29 Å². The van der Waals surface area contributed by atoms with Gasteiger partial charge in [0.15, 0.2) is 0 Å². The fourth-order valence-electron chi connectivity index (χ4n) is 1.73. The summed E-state index contributed by atoms with van der Waals surface area (Å²) in [4.78, 5) is 24.2. The second-order valence-electron chi connectivity index (χ2n) is 3.77. The molecule has 1 heterocycles. The van der Waals surface area contributed by atoms with Gasteiger partial charge < -0.3 is 0 Å². The molecule has 5 heteroatoms. The van der Waals surface area contributed by atoms with Crippen LogP contribution in [0, 0.1) is 12.7 Å². The molecule has 1 fully saturated rings. The predicted molar refractivity (Wildman–Crippen MR) is 61.0 cm³/mol. The number of rotatable bonds is 1. The summed E-state index contributed by atoms with van der Waals surface area (Å²) >= 11 is 4.00. The molecule has 1 saturated heterocycles. The van der Waals surface area contributed by atoms with E-state index in [1.54, 1.807) is 13.0 Å². The van der Waals surface area contributed by atoms with Crippen LogP contribution >= 0.6 is 12.6 Å². The van der Waals surface area contributed by atoms with Gasteiger partial charge in [0.25, 0.3) is 0 Å². The number of benzene rings is 1. The van der Waals surface area contributed by atoms with Crippen molar-refractivity contribution in [1.82, 2.24) is 0 Å². The molecule has 0 bridgehead atoms. The molecule has 1 unspecified atom stereocenters. The quantitative estimate of drug-likeness (QED) is 0.598. The van der Waals surface area contributed by atoms with Crippen molar-refractivity contribution in [2.75, 3.05) is 4.90 Å². The van der Waals surface area contributed by atoms with Crippen molar-refractivity contribution in [3.05, 3.63) is 29.6 Å². The molecule has 1 aromatic carbocycles. The number of amides is 2. The highest BCUT2D eigenvalue weighted by Crippen LogP contribution is 2.26. The van der Waals surface area contributed by atoms with Crippen molar-refractivity contribution in [3.63, 3.8) is 0 Å². The van der Waals surface area contributed by atoms with Gasteiger partial charge in [-0.05, 0) is 30.7 Å². The van der Waals surface area contributed by atoms with E-state index < -0.39 is 17.0 Å². The first-order valence-corrected chi connectivity index (χ1v) is 5.33. The molecule has 3 nitrogen and oxygen atoms in total. The van der Waals surface area contributed by atoms with E-state index in [1.165, 1.54) is 12.1 Å². The Bertz CT molecular complexity index is 455. The lowest BCUT2D eigenvalue weighted by atomic mass is 10.2. The van der Waals surface area contributed by atoms with Crippen LogP contribution in [0.3, 0.4) is 0 Å². The van der Waals surface area contributed by atoms with E-state index in [-0.39, 0.29) is 18.0 Å². The van der Waals surface area contributed by atoms with Gasteiger partial charge in [-0.3, -0.25) is 9.59 Å². The van der Waals surface area contributed by atoms with E-state index in [0.717, 1.165) is 4.90 Å². The molecule has 84 valence electrons. The summed E-state index contributed by atoms with van der Waals surface area (Å²) in [7, 11) is 0. The molecule has 0 spiro atoms. The Hall–Kier alpha value is -1.36. The van der Waals surface area contributed by atoms with E-state index in [0.29, 0.717) is 5.56 Å². The SMILES string of the molecule is Cc1cc(F)cc(N2C(=O)CC(S)C2=O)c1. The zero-order valence-corrected chi connectivity index (χ0v) is 9.50. The minimum absolute atomic E-state index is 0.0670. The third kappa shape index (κ3) is 1.82. The first kappa shape index (κ1) is 11.1. The molecule has 0 radical (unpaired) electrons. The van der Waals surface area contributed by atoms with E-state index in [2.05, 4.69) is 12.6 Å². The molecule has 1 aliphatic heterocycles. The Morgan fingerprint density at radius 3 is 2.56 bits per heavy atom. The lowest BCUT2D eigenvalue weighted by Crippen LogP contribution is -2.30. The Labute approximate surface area is 97.7 Å². The number of carbonyl (C=O) groups excluding carboxylic acids is 2. The maximum Gasteiger partial charge on any atom is 0.247 e. The van der Waals surface area contributed by atoms with Gasteiger partial charge >= 0.3 is 0 Å². The summed E-state index contributed by atoms with van der Waals surface area (Å²) in [6, 6.07) is 4.12. The molecule has 2 rings (SSSR count). The van der Waals surface area contributed by atoms with Crippen LogP contribution < -0.4 is 4.90 Å². The molecule has 0 aromatic heterocycles. The number of imide groups is 1. The molecule has 0 N–H and O–H groups in total. The fraction of sp³-hybridized carbons (Fsp3) is 0.273. The summed E-state index contributed by atoms with van der Waals surface area (Å²) in [5.41, 5.74) is 0.947. The van der Waals surface area contributed by atoms with Crippen LogP contribution in [0.15, 0.2) is 18.2 Å². The number of carbonyl (C=O) groups is 2. The number of hydrogen-bond acceptors (Lipinski definition) is 3. The molecular formula is C11H10FNO2S. The van der Waals surface area contributed by atoms with Gasteiger partial charge in [-0.2, -0.15) is 12.6 Å². The van der Waals surface area contributed by atoms with Crippen molar-refractivity contribution >= 4 is 30.1 Å². The van der Waals surface area contributed by atoms with Gasteiger partial charge in [0.1, 0.15) is 5.82 Å². The molecule has 0 aliphatic carbocycles. The van der Waals surface area contributed by atoms with E-state index in [9.17, 15) is 14.0 Å². The number of hydrogen-bond donors (Lipinski definition) is 1. The molecule has 1 aliphatic rings. The Kier molecular flexibility index (Phi) is 2.71. The van der Waals surface area contributed by atoms with Crippen molar-refractivity contribution < 1.29 is 14.0 Å². The van der Waals surface area contributed by atoms with Gasteiger partial charge in [0, 0.05) is 6.42 Å². The first-order chi connectivity index (χ1) is 7.49. The van der Waals surface area contributed by atoms with Gasteiger partial charge in [0.05, 0.1) is 10.9 Å². The summed E-state index contributed by atoms with van der Waals surface area (Å²) in [5.74, 6) is -1.19. The number of nitrogens with zero attached hydrogens (tertiary/aromatic N) is 1. The zero-order chi connectivity index (χ0) is 11.9. The maximum atomic E-state index is 13.2. The highest BCUT2D eigenvalue weighted by molar-refractivity contribution is 7.82. The lowest BCUT2D eigenvalue weighted by Gasteiger charge is -2.14. The largest absolute Gasteiger partial charge is 0.274 e. The highest BCUT2D eigenvalue weighted by Gasteiger charge is 2.37. The predicted octanol–water partition coefficient (Wildman–Crippen LogP) is 1.70. The van der Waals surface area contributed by atoms with Gasteiger partial charge in [-0.1, -0.05) is 0 Å². The fourth-order valence-corrected chi connectivity index (χ4v) is 2.00. The van der Waals surface area contributed by atoms with Gasteiger partial charge in [-0.15, -0.1) is 0 Å². The zero-order valence-electron chi connectivity index (χ0n) is 8.61. The van der Waals surface area contributed by atoms with Crippen LogP contribution in [0.2, 0.25) is 0 Å². The number of anilines is 1. The molecule has 1 aromatic rings. The van der Waals surface area contributed by atoms with Crippen LogP contribution in [-0.2, 0) is 9.59 Å². The molecule has 0 saturated carbocycles. The summed E-state index contributed by atoms with van der Waals surface area (Å²) in [6.07, 6.45) is 0.0670. The summed E-state index contributed by atoms with van der Waals surface area (Å²) in [6.45, 7) is 1.70. The van der Waals surface area contributed by atoms with Crippen molar-refractivity contribution in [2.24, 2.45) is 0 Å². The second kappa shape index (κ2) is 3.90. The Morgan fingerprint density at radius 2 is 2.06 bits per heavy atom. The highest BCUT2D eigenvalue weighted by atomic mass is 32.1. The smallest absolute Gasteiger partial charge is 0.247 e. The van der Waals surface area contributed by atoms with Crippen LogP contribution in [0.4, 0.5) is 10.1 Å². The van der Waals surface area contributed by atoms with Crippen LogP contribution in [-0.4, -0.2) is 17.1 Å². The molecular weight excluding hydrogens is 229 g/mol. The van der Waals surface area contributed by atoms with Crippen molar-refractivity contribution in [1.29, 1.82) is 0 Å². The monoisotopic (exact) mass is 239 g/mol. The molecule has 2 amide bonds. The van der Waals surface area contributed by atoms with Crippen molar-refractivity contribution in [2.45, 2.75) is 18.6 Å². The van der Waals surface area contributed by atoms with Crippen molar-refractivity contribution in [3.8, 4) is 0 Å². The van der Waals surface area contributed by atoms with Crippen LogP contribution in [0.1, 0.15) is 12.0 Å². The average molecular weight is 239 g/mol. The molecule has 16 heavy (non-hydrogen) atoms. The topological polar surface area (TPSA) is 37.4 Å². The standard InChI is InChI=1S/C11H10FNO2S/c1-6-2-7(12)4-8(3-6)13-10(14)5-9(16)11(13)15/h2-4,9,16H,5H2,1H3. The Balaban J connectivity index is 2.44. The average Bonchev–Trinajstić information content (AvgIpc) is 2.39. The third-order valence-corrected chi connectivity index (χ3v) is 2.81. The number of thiol groups is 1. The van der Waals surface area contributed by atoms with Gasteiger partial charge in [0.2, 0.25) is 11.8 Å². The second-order valence-corrected chi connectivity index (χ2v) is 4.40. The normalized spacial score (nSPS) is 20.7. The maximum absolute atomic E-state index is 13.2. The Morgan fingerprint density at radius 1 is 1.38 bits per heavy atom. The lowest BCUT2D eigenvalue weighted by molar-refractivity contribution is -0.121. The van der Waals surface area contributed by atoms with Crippen LogP contribution in [0.25, 0.3) is 0 Å². The minimum Gasteiger partial charge on any atom is -0.274 e. The van der Waals surface area contributed by atoms with E-state index in [4.69, 9.17) is 0 Å². The van der Waals surface area contributed by atoms with Crippen LogP contribution in [0.5, 0.6) is 0 Å².